The number of aryl methyl sites for hydroxylation is 1. The van der Waals surface area contributed by atoms with E-state index in [0.717, 1.165) is 16.8 Å². The lowest BCUT2D eigenvalue weighted by Gasteiger charge is -2.11. The monoisotopic (exact) mass is 207 g/mol. The van der Waals surface area contributed by atoms with Crippen LogP contribution in [0.1, 0.15) is 31.9 Å². The van der Waals surface area contributed by atoms with Crippen molar-refractivity contribution in [2.45, 2.75) is 36.6 Å². The molecule has 0 N–H and O–H groups in total. The highest BCUT2D eigenvalue weighted by molar-refractivity contribution is 8.03. The lowest BCUT2D eigenvalue weighted by atomic mass is 9.99. The average Bonchev–Trinajstić information content (AvgIpc) is 2.88. The highest BCUT2D eigenvalue weighted by Gasteiger charge is 2.44. The quantitative estimate of drug-likeness (QED) is 0.564. The van der Waals surface area contributed by atoms with E-state index in [1.54, 1.807) is 0 Å². The fraction of sp³-hybridized carbons (Fsp3) is 0.600. The van der Waals surface area contributed by atoms with Gasteiger partial charge in [-0.15, -0.1) is 0 Å². The summed E-state index contributed by atoms with van der Waals surface area (Å²) in [6.45, 7) is 2.22. The number of rotatable bonds is 3. The molecule has 2 rings (SSSR count). The number of hydrogen-bond acceptors (Lipinski definition) is 3. The van der Waals surface area contributed by atoms with Crippen LogP contribution in [0.25, 0.3) is 0 Å². The Balaban J connectivity index is 2.31. The van der Waals surface area contributed by atoms with Crippen molar-refractivity contribution in [2.75, 3.05) is 0 Å². The van der Waals surface area contributed by atoms with Gasteiger partial charge in [0.05, 0.1) is 0 Å². The van der Waals surface area contributed by atoms with Crippen molar-refractivity contribution < 1.29 is 0 Å². The minimum absolute atomic E-state index is 0.371. The van der Waals surface area contributed by atoms with E-state index < -0.39 is 0 Å². The molecule has 1 aromatic heterocycles. The molecule has 1 aliphatic carbocycles. The molecule has 14 heavy (non-hydrogen) atoms. The van der Waals surface area contributed by atoms with Gasteiger partial charge in [0, 0.05) is 29.9 Å². The van der Waals surface area contributed by atoms with E-state index in [2.05, 4.69) is 23.5 Å². The van der Waals surface area contributed by atoms with E-state index in [1.165, 1.54) is 25.0 Å². The average molecular weight is 207 g/mol. The van der Waals surface area contributed by atoms with Gasteiger partial charge in [0.2, 0.25) is 0 Å². The first-order chi connectivity index (χ1) is 6.72. The van der Waals surface area contributed by atoms with E-state index >= 15 is 0 Å². The largest absolute Gasteiger partial charge is 0.271 e. The van der Waals surface area contributed by atoms with Crippen molar-refractivity contribution in [3.05, 3.63) is 11.8 Å². The summed E-state index contributed by atoms with van der Waals surface area (Å²) in [6.07, 6.45) is 3.70. The van der Waals surface area contributed by atoms with Gasteiger partial charge in [0.15, 0.2) is 0 Å². The molecule has 0 bridgehead atoms. The number of nitrogens with zero attached hydrogens (tertiary/aromatic N) is 3. The zero-order valence-electron chi connectivity index (χ0n) is 8.45. The van der Waals surface area contributed by atoms with Gasteiger partial charge in [-0.2, -0.15) is 10.4 Å². The normalized spacial score (nSPS) is 17.8. The predicted octanol–water partition coefficient (Wildman–Crippen LogP) is 2.43. The Morgan fingerprint density at radius 2 is 2.43 bits per heavy atom. The highest BCUT2D eigenvalue weighted by Crippen LogP contribution is 2.51. The van der Waals surface area contributed by atoms with E-state index in [0.29, 0.717) is 5.41 Å². The van der Waals surface area contributed by atoms with Crippen molar-refractivity contribution >= 4 is 11.8 Å². The maximum absolute atomic E-state index is 8.56. The Hall–Kier alpha value is -0.950. The maximum atomic E-state index is 8.56. The van der Waals surface area contributed by atoms with Gasteiger partial charge >= 0.3 is 0 Å². The Morgan fingerprint density at radius 1 is 1.71 bits per heavy atom. The zero-order valence-corrected chi connectivity index (χ0v) is 9.27. The topological polar surface area (TPSA) is 41.6 Å². The first kappa shape index (κ1) is 9.60. The minimum Gasteiger partial charge on any atom is -0.271 e. The third-order valence-electron chi connectivity index (χ3n) is 3.08. The molecule has 1 aromatic rings. The molecule has 0 atom stereocenters. The van der Waals surface area contributed by atoms with E-state index in [4.69, 9.17) is 5.26 Å². The summed E-state index contributed by atoms with van der Waals surface area (Å²) < 4.78 is 1.93. The Kier molecular flexibility index (Phi) is 2.28. The van der Waals surface area contributed by atoms with Crippen LogP contribution in [0.15, 0.2) is 11.1 Å². The van der Waals surface area contributed by atoms with Crippen LogP contribution in [0.2, 0.25) is 0 Å². The van der Waals surface area contributed by atoms with Gasteiger partial charge in [-0.25, -0.2) is 0 Å². The van der Waals surface area contributed by atoms with E-state index in [1.807, 2.05) is 11.7 Å². The predicted molar refractivity (Wildman–Crippen MR) is 55.9 cm³/mol. The zero-order chi connectivity index (χ0) is 10.2. The molecule has 0 amide bonds. The molecule has 0 radical (unpaired) electrons. The lowest BCUT2D eigenvalue weighted by Crippen LogP contribution is -2.10. The van der Waals surface area contributed by atoms with Crippen LogP contribution in [-0.4, -0.2) is 9.78 Å². The van der Waals surface area contributed by atoms with Crippen LogP contribution in [0.3, 0.4) is 0 Å². The van der Waals surface area contributed by atoms with E-state index in [9.17, 15) is 0 Å². The van der Waals surface area contributed by atoms with Crippen LogP contribution in [0, 0.1) is 10.7 Å². The summed E-state index contributed by atoms with van der Waals surface area (Å²) in [6, 6.07) is 2.06. The van der Waals surface area contributed by atoms with Gasteiger partial charge in [0.25, 0.3) is 0 Å². The second-order valence-electron chi connectivity index (χ2n) is 3.82. The SMILES string of the molecule is CCC1(c2cc(SC#N)nn2C)CC1. The van der Waals surface area contributed by atoms with Crippen molar-refractivity contribution in [3.63, 3.8) is 0 Å². The minimum atomic E-state index is 0.371. The first-order valence-electron chi connectivity index (χ1n) is 4.82. The fourth-order valence-electron chi connectivity index (χ4n) is 1.98. The van der Waals surface area contributed by atoms with Crippen LogP contribution < -0.4 is 0 Å². The van der Waals surface area contributed by atoms with Gasteiger partial charge < -0.3 is 0 Å². The molecule has 1 fully saturated rings. The number of nitriles is 1. The number of thioether (sulfide) groups is 1. The molecule has 0 saturated heterocycles. The summed E-state index contributed by atoms with van der Waals surface area (Å²) >= 11 is 1.14. The summed E-state index contributed by atoms with van der Waals surface area (Å²) in [5.41, 5.74) is 1.66. The molecule has 0 unspecified atom stereocenters. The molecule has 4 heteroatoms. The molecule has 1 aliphatic rings. The second kappa shape index (κ2) is 3.32. The van der Waals surface area contributed by atoms with Crippen molar-refractivity contribution in [1.82, 2.24) is 9.78 Å². The fourth-order valence-corrected chi connectivity index (χ4v) is 2.40. The molecule has 0 spiro atoms. The van der Waals surface area contributed by atoms with Crippen molar-refractivity contribution in [2.24, 2.45) is 7.05 Å². The molecule has 3 nitrogen and oxygen atoms in total. The summed E-state index contributed by atoms with van der Waals surface area (Å²) in [5, 5.41) is 15.7. The standard InChI is InChI=1S/C10H13N3S/c1-3-10(4-5-10)8-6-9(14-7-11)12-13(8)2/h6H,3-5H2,1-2H3. The van der Waals surface area contributed by atoms with Crippen LogP contribution >= 0.6 is 11.8 Å². The molecule has 1 saturated carbocycles. The van der Waals surface area contributed by atoms with E-state index in [-0.39, 0.29) is 0 Å². The third kappa shape index (κ3) is 1.42. The van der Waals surface area contributed by atoms with Crippen molar-refractivity contribution in [1.29, 1.82) is 5.26 Å². The Labute approximate surface area is 88.1 Å². The number of thiocyanates is 1. The molecule has 74 valence electrons. The van der Waals surface area contributed by atoms with Gasteiger partial charge in [-0.05, 0) is 25.3 Å². The summed E-state index contributed by atoms with van der Waals surface area (Å²) in [4.78, 5) is 0. The second-order valence-corrected chi connectivity index (χ2v) is 4.62. The van der Waals surface area contributed by atoms with Crippen molar-refractivity contribution in [3.8, 4) is 5.40 Å². The first-order valence-corrected chi connectivity index (χ1v) is 5.64. The van der Waals surface area contributed by atoms with Crippen LogP contribution in [0.5, 0.6) is 0 Å². The lowest BCUT2D eigenvalue weighted by molar-refractivity contribution is 0.576. The molecular weight excluding hydrogens is 194 g/mol. The smallest absolute Gasteiger partial charge is 0.140 e. The summed E-state index contributed by atoms with van der Waals surface area (Å²) in [5.74, 6) is 0. The van der Waals surface area contributed by atoms with Gasteiger partial charge in [-0.3, -0.25) is 4.68 Å². The Morgan fingerprint density at radius 3 is 2.93 bits per heavy atom. The Bertz CT molecular complexity index is 385. The molecule has 1 heterocycles. The third-order valence-corrected chi connectivity index (χ3v) is 3.58. The molecular formula is C10H13N3S. The molecule has 0 aromatic carbocycles. The number of hydrogen-bond donors (Lipinski definition) is 0. The maximum Gasteiger partial charge on any atom is 0.140 e. The van der Waals surface area contributed by atoms with Gasteiger partial charge in [0.1, 0.15) is 10.4 Å². The van der Waals surface area contributed by atoms with Crippen LogP contribution in [0.4, 0.5) is 0 Å². The molecule has 0 aliphatic heterocycles. The number of aromatic nitrogens is 2. The van der Waals surface area contributed by atoms with Gasteiger partial charge in [-0.1, -0.05) is 6.92 Å². The summed E-state index contributed by atoms with van der Waals surface area (Å²) in [7, 11) is 1.96. The van der Waals surface area contributed by atoms with Crippen LogP contribution in [-0.2, 0) is 12.5 Å². The highest BCUT2D eigenvalue weighted by atomic mass is 32.2.